The maximum Gasteiger partial charge on any atom is 0.360 e. The van der Waals surface area contributed by atoms with E-state index in [2.05, 4.69) is 21.0 Å². The Balaban J connectivity index is 2.37. The summed E-state index contributed by atoms with van der Waals surface area (Å²) < 4.78 is 7.22. The Hall–Kier alpha value is -1.62. The number of ether oxygens (including phenoxy) is 1. The highest BCUT2D eigenvalue weighted by Crippen LogP contribution is 2.19. The van der Waals surface area contributed by atoms with Crippen LogP contribution in [-0.4, -0.2) is 22.4 Å². The second-order valence-corrected chi connectivity index (χ2v) is 4.68. The van der Waals surface area contributed by atoms with Gasteiger partial charge in [-0.1, -0.05) is 12.1 Å². The van der Waals surface area contributed by atoms with Crippen molar-refractivity contribution in [1.82, 2.24) is 9.78 Å². The molecule has 0 spiro atoms. The predicted molar refractivity (Wildman–Crippen MR) is 72.0 cm³/mol. The van der Waals surface area contributed by atoms with Crippen LogP contribution in [0.3, 0.4) is 0 Å². The summed E-state index contributed by atoms with van der Waals surface area (Å²) in [4.78, 5) is 11.6. The molecule has 0 aliphatic carbocycles. The molecule has 0 atom stereocenters. The summed E-state index contributed by atoms with van der Waals surface area (Å²) in [6.07, 6.45) is 1.75. The molecule has 2 aromatic rings. The van der Waals surface area contributed by atoms with Gasteiger partial charge in [0.2, 0.25) is 0 Å². The molecular weight excluding hydrogens is 296 g/mol. The normalized spacial score (nSPS) is 10.4. The lowest BCUT2D eigenvalue weighted by Gasteiger charge is -2.02. The van der Waals surface area contributed by atoms with E-state index in [1.54, 1.807) is 17.8 Å². The highest BCUT2D eigenvalue weighted by molar-refractivity contribution is 9.10. The highest BCUT2D eigenvalue weighted by atomic mass is 79.9. The molecule has 0 radical (unpaired) electrons. The minimum Gasteiger partial charge on any atom is -0.461 e. The average molecular weight is 309 g/mol. The minimum absolute atomic E-state index is 0.290. The number of aryl methyl sites for hydroxylation is 1. The zero-order valence-corrected chi connectivity index (χ0v) is 11.8. The summed E-state index contributed by atoms with van der Waals surface area (Å²) in [5.41, 5.74) is 2.33. The number of carbonyl (C=O) groups excluding carboxylic acids is 1. The summed E-state index contributed by atoms with van der Waals surface area (Å²) in [6, 6.07) is 7.88. The molecule has 1 heterocycles. The number of hydrogen-bond acceptors (Lipinski definition) is 3. The van der Waals surface area contributed by atoms with Crippen LogP contribution >= 0.6 is 15.9 Å². The SMILES string of the molecule is CCOC(=O)c1nn(-c2cccc(C)c2)cc1Br. The maximum absolute atomic E-state index is 11.6. The second kappa shape index (κ2) is 5.35. The fourth-order valence-corrected chi connectivity index (χ4v) is 2.03. The van der Waals surface area contributed by atoms with Crippen molar-refractivity contribution in [2.75, 3.05) is 6.61 Å². The summed E-state index contributed by atoms with van der Waals surface area (Å²) >= 11 is 3.32. The van der Waals surface area contributed by atoms with Gasteiger partial charge in [-0.15, -0.1) is 0 Å². The number of hydrogen-bond donors (Lipinski definition) is 0. The summed E-state index contributed by atoms with van der Waals surface area (Å²) in [5, 5.41) is 4.23. The van der Waals surface area contributed by atoms with E-state index in [0.29, 0.717) is 16.8 Å². The van der Waals surface area contributed by atoms with Gasteiger partial charge in [-0.2, -0.15) is 5.10 Å². The van der Waals surface area contributed by atoms with E-state index in [1.807, 2.05) is 31.2 Å². The van der Waals surface area contributed by atoms with Crippen LogP contribution in [0.15, 0.2) is 34.9 Å². The monoisotopic (exact) mass is 308 g/mol. The van der Waals surface area contributed by atoms with Gasteiger partial charge in [0.1, 0.15) is 0 Å². The largest absolute Gasteiger partial charge is 0.461 e. The van der Waals surface area contributed by atoms with Gasteiger partial charge < -0.3 is 4.74 Å². The van der Waals surface area contributed by atoms with E-state index < -0.39 is 5.97 Å². The first-order valence-electron chi connectivity index (χ1n) is 5.61. The molecule has 94 valence electrons. The summed E-state index contributed by atoms with van der Waals surface area (Å²) in [6.45, 7) is 4.11. The van der Waals surface area contributed by atoms with Crippen LogP contribution in [0.5, 0.6) is 0 Å². The number of halogens is 1. The molecule has 18 heavy (non-hydrogen) atoms. The van der Waals surface area contributed by atoms with Crippen molar-refractivity contribution in [3.63, 3.8) is 0 Å². The van der Waals surface area contributed by atoms with Gasteiger partial charge in [0.15, 0.2) is 5.69 Å². The Labute approximate surface area is 114 Å². The van der Waals surface area contributed by atoms with Crippen molar-refractivity contribution in [3.05, 3.63) is 46.2 Å². The van der Waals surface area contributed by atoms with Crippen molar-refractivity contribution in [1.29, 1.82) is 0 Å². The zero-order valence-electron chi connectivity index (χ0n) is 10.2. The molecule has 0 saturated carbocycles. The molecule has 0 aliphatic rings. The minimum atomic E-state index is -0.421. The average Bonchev–Trinajstić information content (AvgIpc) is 2.72. The Morgan fingerprint density at radius 3 is 2.94 bits per heavy atom. The van der Waals surface area contributed by atoms with Gasteiger partial charge in [-0.05, 0) is 47.5 Å². The van der Waals surface area contributed by atoms with Crippen molar-refractivity contribution in [3.8, 4) is 5.69 Å². The Kier molecular flexibility index (Phi) is 3.81. The van der Waals surface area contributed by atoms with Crippen molar-refractivity contribution in [2.24, 2.45) is 0 Å². The van der Waals surface area contributed by atoms with E-state index in [-0.39, 0.29) is 0 Å². The fourth-order valence-electron chi connectivity index (χ4n) is 1.59. The van der Waals surface area contributed by atoms with Gasteiger partial charge in [-0.3, -0.25) is 0 Å². The number of carbonyl (C=O) groups is 1. The molecule has 0 aliphatic heterocycles. The summed E-state index contributed by atoms with van der Waals surface area (Å²) in [5.74, 6) is -0.421. The van der Waals surface area contributed by atoms with Crippen LogP contribution in [0.1, 0.15) is 23.0 Å². The standard InChI is InChI=1S/C13H13BrN2O2/c1-3-18-13(17)12-11(14)8-16(15-12)10-6-4-5-9(2)7-10/h4-8H,3H2,1-2H3. The van der Waals surface area contributed by atoms with E-state index >= 15 is 0 Å². The maximum atomic E-state index is 11.6. The number of nitrogens with zero attached hydrogens (tertiary/aromatic N) is 2. The molecule has 0 bridgehead atoms. The zero-order chi connectivity index (χ0) is 13.1. The second-order valence-electron chi connectivity index (χ2n) is 3.83. The molecule has 4 nitrogen and oxygen atoms in total. The van der Waals surface area contributed by atoms with Gasteiger partial charge in [0.05, 0.1) is 16.8 Å². The molecule has 1 aromatic heterocycles. The van der Waals surface area contributed by atoms with E-state index in [9.17, 15) is 4.79 Å². The number of aromatic nitrogens is 2. The summed E-state index contributed by atoms with van der Waals surface area (Å²) in [7, 11) is 0. The molecule has 0 amide bonds. The first-order chi connectivity index (χ1) is 8.61. The molecule has 2 rings (SSSR count). The first kappa shape index (κ1) is 12.8. The van der Waals surface area contributed by atoms with Crippen LogP contribution in [-0.2, 0) is 4.74 Å². The van der Waals surface area contributed by atoms with Gasteiger partial charge in [-0.25, -0.2) is 9.48 Å². The number of rotatable bonds is 3. The predicted octanol–water partition coefficient (Wildman–Crippen LogP) is 3.12. The molecule has 5 heteroatoms. The van der Waals surface area contributed by atoms with Crippen molar-refractivity contribution >= 4 is 21.9 Å². The lowest BCUT2D eigenvalue weighted by atomic mass is 10.2. The lowest BCUT2D eigenvalue weighted by Crippen LogP contribution is -2.07. The number of benzene rings is 1. The van der Waals surface area contributed by atoms with Crippen molar-refractivity contribution in [2.45, 2.75) is 13.8 Å². The van der Waals surface area contributed by atoms with E-state index in [0.717, 1.165) is 11.3 Å². The molecule has 1 aromatic carbocycles. The Morgan fingerprint density at radius 1 is 1.50 bits per heavy atom. The fraction of sp³-hybridized carbons (Fsp3) is 0.231. The third-order valence-electron chi connectivity index (χ3n) is 2.40. The van der Waals surface area contributed by atoms with E-state index in [1.165, 1.54) is 0 Å². The van der Waals surface area contributed by atoms with Gasteiger partial charge in [0, 0.05) is 6.20 Å². The van der Waals surface area contributed by atoms with Crippen LogP contribution in [0, 0.1) is 6.92 Å². The topological polar surface area (TPSA) is 44.1 Å². The van der Waals surface area contributed by atoms with Crippen molar-refractivity contribution < 1.29 is 9.53 Å². The lowest BCUT2D eigenvalue weighted by molar-refractivity contribution is 0.0518. The Bertz CT molecular complexity index is 578. The highest BCUT2D eigenvalue weighted by Gasteiger charge is 2.16. The van der Waals surface area contributed by atoms with Crippen LogP contribution < -0.4 is 0 Å². The van der Waals surface area contributed by atoms with Crippen LogP contribution in [0.25, 0.3) is 5.69 Å². The molecule has 0 fully saturated rings. The Morgan fingerprint density at radius 2 is 2.28 bits per heavy atom. The third-order valence-corrected chi connectivity index (χ3v) is 2.98. The molecule has 0 N–H and O–H groups in total. The van der Waals surface area contributed by atoms with Crippen LogP contribution in [0.2, 0.25) is 0 Å². The van der Waals surface area contributed by atoms with Gasteiger partial charge >= 0.3 is 5.97 Å². The third kappa shape index (κ3) is 2.61. The molecule has 0 unspecified atom stereocenters. The molecule has 0 saturated heterocycles. The number of esters is 1. The van der Waals surface area contributed by atoms with E-state index in [4.69, 9.17) is 4.74 Å². The first-order valence-corrected chi connectivity index (χ1v) is 6.40. The quantitative estimate of drug-likeness (QED) is 0.818. The smallest absolute Gasteiger partial charge is 0.360 e. The van der Waals surface area contributed by atoms with Crippen LogP contribution in [0.4, 0.5) is 0 Å². The molecular formula is C13H13BrN2O2. The van der Waals surface area contributed by atoms with Gasteiger partial charge in [0.25, 0.3) is 0 Å².